The molecule has 1 N–H and O–H groups in total. The number of piperidine rings is 1. The first-order valence-electron chi connectivity index (χ1n) is 6.19. The van der Waals surface area contributed by atoms with Crippen molar-refractivity contribution < 1.29 is 4.79 Å². The zero-order chi connectivity index (χ0) is 13.0. The predicted molar refractivity (Wildman–Crippen MR) is 73.4 cm³/mol. The lowest BCUT2D eigenvalue weighted by Crippen LogP contribution is -2.42. The number of fused-ring (bicyclic) bond motifs is 1. The number of rotatable bonds is 2. The average Bonchev–Trinajstić information content (AvgIpc) is 3.04. The Morgan fingerprint density at radius 2 is 2.11 bits per heavy atom. The summed E-state index contributed by atoms with van der Waals surface area (Å²) in [5.41, 5.74) is 0.925. The van der Waals surface area contributed by atoms with Gasteiger partial charge in [0.25, 0.3) is 0 Å². The molecule has 4 heteroatoms. The van der Waals surface area contributed by atoms with Crippen molar-refractivity contribution in [2.75, 3.05) is 13.1 Å². The fourth-order valence-corrected chi connectivity index (χ4v) is 3.83. The quantitative estimate of drug-likeness (QED) is 0.903. The third-order valence-electron chi connectivity index (χ3n) is 4.70. The maximum atomic E-state index is 12.0. The van der Waals surface area contributed by atoms with Crippen LogP contribution in [0.25, 0.3) is 0 Å². The summed E-state index contributed by atoms with van der Waals surface area (Å²) >= 11 is 12.1. The van der Waals surface area contributed by atoms with Crippen molar-refractivity contribution in [3.63, 3.8) is 0 Å². The smallest absolute Gasteiger partial charge is 0.138 e. The summed E-state index contributed by atoms with van der Waals surface area (Å²) in [6.07, 6.45) is 1.92. The van der Waals surface area contributed by atoms with E-state index in [4.69, 9.17) is 23.2 Å². The molecule has 2 atom stereocenters. The highest BCUT2D eigenvalue weighted by Crippen LogP contribution is 2.68. The SMILES string of the molecule is CC(=O)[C@@]12CNCC[C@]1(c1ccc(Cl)c(Cl)c1)C2. The summed E-state index contributed by atoms with van der Waals surface area (Å²) in [4.78, 5) is 12.0. The Kier molecular flexibility index (Phi) is 2.74. The molecule has 2 aliphatic rings. The first kappa shape index (κ1) is 12.5. The lowest BCUT2D eigenvalue weighted by atomic mass is 9.79. The molecule has 1 saturated heterocycles. The Hall–Kier alpha value is -0.570. The fraction of sp³-hybridized carbons (Fsp3) is 0.500. The molecule has 1 saturated carbocycles. The minimum Gasteiger partial charge on any atom is -0.316 e. The Morgan fingerprint density at radius 3 is 2.78 bits per heavy atom. The molecule has 3 rings (SSSR count). The second kappa shape index (κ2) is 3.96. The molecule has 0 amide bonds. The van der Waals surface area contributed by atoms with Crippen LogP contribution in [0.2, 0.25) is 10.0 Å². The molecule has 1 aromatic rings. The Balaban J connectivity index is 2.05. The first-order valence-corrected chi connectivity index (χ1v) is 6.95. The van der Waals surface area contributed by atoms with Crippen LogP contribution in [0.5, 0.6) is 0 Å². The number of carbonyl (C=O) groups excluding carboxylic acids is 1. The minimum atomic E-state index is -0.220. The highest BCUT2D eigenvalue weighted by Gasteiger charge is 2.71. The molecule has 1 heterocycles. The molecule has 0 bridgehead atoms. The van der Waals surface area contributed by atoms with Crippen molar-refractivity contribution in [2.45, 2.75) is 25.2 Å². The number of hydrogen-bond acceptors (Lipinski definition) is 2. The molecule has 2 nitrogen and oxygen atoms in total. The van der Waals surface area contributed by atoms with Gasteiger partial charge < -0.3 is 5.32 Å². The number of halogens is 2. The topological polar surface area (TPSA) is 29.1 Å². The van der Waals surface area contributed by atoms with Gasteiger partial charge in [0, 0.05) is 12.0 Å². The van der Waals surface area contributed by atoms with Crippen LogP contribution in [0.1, 0.15) is 25.3 Å². The van der Waals surface area contributed by atoms with Crippen LogP contribution in [0.15, 0.2) is 18.2 Å². The van der Waals surface area contributed by atoms with Crippen molar-refractivity contribution in [3.05, 3.63) is 33.8 Å². The van der Waals surface area contributed by atoms with Crippen LogP contribution in [-0.2, 0) is 10.2 Å². The molecule has 1 aliphatic carbocycles. The summed E-state index contributed by atoms with van der Waals surface area (Å²) in [6.45, 7) is 3.43. The molecule has 18 heavy (non-hydrogen) atoms. The summed E-state index contributed by atoms with van der Waals surface area (Å²) in [7, 11) is 0. The summed E-state index contributed by atoms with van der Waals surface area (Å²) in [5.74, 6) is 0.278. The average molecular weight is 284 g/mol. The van der Waals surface area contributed by atoms with Gasteiger partial charge >= 0.3 is 0 Å². The van der Waals surface area contributed by atoms with E-state index in [-0.39, 0.29) is 16.6 Å². The zero-order valence-electron chi connectivity index (χ0n) is 10.2. The monoisotopic (exact) mass is 283 g/mol. The number of hydrogen-bond donors (Lipinski definition) is 1. The van der Waals surface area contributed by atoms with Crippen molar-refractivity contribution in [2.24, 2.45) is 5.41 Å². The Labute approximate surface area is 117 Å². The summed E-state index contributed by atoms with van der Waals surface area (Å²) in [6, 6.07) is 5.78. The van der Waals surface area contributed by atoms with Crippen LogP contribution in [0.4, 0.5) is 0 Å². The highest BCUT2D eigenvalue weighted by molar-refractivity contribution is 6.42. The van der Waals surface area contributed by atoms with Gasteiger partial charge in [-0.1, -0.05) is 29.3 Å². The van der Waals surface area contributed by atoms with E-state index >= 15 is 0 Å². The van der Waals surface area contributed by atoms with E-state index in [9.17, 15) is 4.79 Å². The Morgan fingerprint density at radius 1 is 1.33 bits per heavy atom. The van der Waals surface area contributed by atoms with E-state index in [1.54, 1.807) is 6.92 Å². The van der Waals surface area contributed by atoms with Crippen molar-refractivity contribution in [1.82, 2.24) is 5.32 Å². The first-order chi connectivity index (χ1) is 8.52. The molecule has 0 spiro atoms. The van der Waals surface area contributed by atoms with Crippen LogP contribution >= 0.6 is 23.2 Å². The van der Waals surface area contributed by atoms with E-state index in [1.165, 1.54) is 0 Å². The normalized spacial score (nSPS) is 33.9. The maximum absolute atomic E-state index is 12.0. The molecule has 1 aliphatic heterocycles. The molecule has 0 aromatic heterocycles. The number of Topliss-reactive ketones (excluding diaryl/α,β-unsaturated/α-hetero) is 1. The van der Waals surface area contributed by atoms with Crippen molar-refractivity contribution in [3.8, 4) is 0 Å². The standard InChI is InChI=1S/C14H15Cl2NO/c1-9(18)14-7-13(14,4-5-17-8-14)10-2-3-11(15)12(16)6-10/h2-3,6,17H,4-5,7-8H2,1H3/t13-,14-/m1/s1. The second-order valence-electron chi connectivity index (χ2n) is 5.45. The van der Waals surface area contributed by atoms with Crippen LogP contribution in [0.3, 0.4) is 0 Å². The summed E-state index contributed by atoms with van der Waals surface area (Å²) < 4.78 is 0. The van der Waals surface area contributed by atoms with Gasteiger partial charge in [-0.25, -0.2) is 0 Å². The van der Waals surface area contributed by atoms with Crippen molar-refractivity contribution in [1.29, 1.82) is 0 Å². The summed E-state index contributed by atoms with van der Waals surface area (Å²) in [5, 5.41) is 4.48. The number of benzene rings is 1. The van der Waals surface area contributed by atoms with Crippen LogP contribution < -0.4 is 5.32 Å². The largest absolute Gasteiger partial charge is 0.316 e. The molecule has 1 aromatic carbocycles. The maximum Gasteiger partial charge on any atom is 0.138 e. The highest BCUT2D eigenvalue weighted by atomic mass is 35.5. The Bertz CT molecular complexity index is 531. The van der Waals surface area contributed by atoms with Crippen molar-refractivity contribution >= 4 is 29.0 Å². The van der Waals surface area contributed by atoms with Gasteiger partial charge in [0.05, 0.1) is 15.5 Å². The molecule has 2 fully saturated rings. The second-order valence-corrected chi connectivity index (χ2v) is 6.27. The van der Waals surface area contributed by atoms with Gasteiger partial charge in [-0.3, -0.25) is 4.79 Å². The van der Waals surface area contributed by atoms with Gasteiger partial charge in [-0.05, 0) is 44.0 Å². The fourth-order valence-electron chi connectivity index (χ4n) is 3.54. The van der Waals surface area contributed by atoms with E-state index in [1.807, 2.05) is 18.2 Å². The van der Waals surface area contributed by atoms with Gasteiger partial charge in [-0.15, -0.1) is 0 Å². The lowest BCUT2D eigenvalue weighted by molar-refractivity contribution is -0.123. The van der Waals surface area contributed by atoms with Gasteiger partial charge in [0.2, 0.25) is 0 Å². The van der Waals surface area contributed by atoms with Gasteiger partial charge in [-0.2, -0.15) is 0 Å². The van der Waals surface area contributed by atoms with Crippen LogP contribution in [-0.4, -0.2) is 18.9 Å². The number of ketones is 1. The number of nitrogens with one attached hydrogen (secondary N) is 1. The minimum absolute atomic E-state index is 0.0156. The molecular formula is C14H15Cl2NO. The third-order valence-corrected chi connectivity index (χ3v) is 5.44. The number of carbonyl (C=O) groups is 1. The van der Waals surface area contributed by atoms with E-state index < -0.39 is 0 Å². The molecule has 96 valence electrons. The lowest BCUT2D eigenvalue weighted by Gasteiger charge is -2.30. The van der Waals surface area contributed by atoms with E-state index in [0.29, 0.717) is 10.0 Å². The van der Waals surface area contributed by atoms with E-state index in [2.05, 4.69) is 5.32 Å². The molecule has 0 radical (unpaired) electrons. The molecular weight excluding hydrogens is 269 g/mol. The zero-order valence-corrected chi connectivity index (χ0v) is 11.7. The van der Waals surface area contributed by atoms with E-state index in [0.717, 1.165) is 31.5 Å². The van der Waals surface area contributed by atoms with Gasteiger partial charge in [0.15, 0.2) is 0 Å². The van der Waals surface area contributed by atoms with Crippen LogP contribution in [0, 0.1) is 5.41 Å². The predicted octanol–water partition coefficient (Wildman–Crippen LogP) is 3.20. The van der Waals surface area contributed by atoms with Gasteiger partial charge in [0.1, 0.15) is 5.78 Å². The third kappa shape index (κ3) is 1.49. The molecule has 0 unspecified atom stereocenters.